The monoisotopic (exact) mass is 468 g/mol. The molecule has 0 saturated carbocycles. The summed E-state index contributed by atoms with van der Waals surface area (Å²) in [5.74, 6) is -0.0228. The smallest absolute Gasteiger partial charge is 0.329 e. The fraction of sp³-hybridized carbons (Fsp3) is 0.304. The van der Waals surface area contributed by atoms with Crippen LogP contribution in [0, 0.1) is 0 Å². The molecule has 1 fully saturated rings. The van der Waals surface area contributed by atoms with Gasteiger partial charge in [0.05, 0.1) is 19.4 Å². The second kappa shape index (κ2) is 11.1. The number of carbonyl (C=O) groups excluding carboxylic acids is 3. The van der Waals surface area contributed by atoms with Gasteiger partial charge in [-0.05, 0) is 47.5 Å². The van der Waals surface area contributed by atoms with Crippen LogP contribution in [0.2, 0.25) is 0 Å². The molecule has 2 N–H and O–H groups in total. The molecule has 4 rings (SSSR count). The third-order valence-electron chi connectivity index (χ3n) is 5.08. The van der Waals surface area contributed by atoms with E-state index in [0.29, 0.717) is 49.1 Å². The van der Waals surface area contributed by atoms with Crippen LogP contribution >= 0.6 is 0 Å². The Morgan fingerprint density at radius 3 is 2.56 bits per heavy atom. The highest BCUT2D eigenvalue weighted by atomic mass is 16.7. The van der Waals surface area contributed by atoms with Crippen LogP contribution in [0.3, 0.4) is 0 Å². The van der Waals surface area contributed by atoms with E-state index in [4.69, 9.17) is 18.9 Å². The lowest BCUT2D eigenvalue weighted by atomic mass is 10.2. The minimum absolute atomic E-state index is 0.0507. The van der Waals surface area contributed by atoms with Gasteiger partial charge in [0.2, 0.25) is 6.79 Å². The van der Waals surface area contributed by atoms with E-state index in [-0.39, 0.29) is 25.9 Å². The van der Waals surface area contributed by atoms with E-state index in [1.54, 1.807) is 47.4 Å². The van der Waals surface area contributed by atoms with Gasteiger partial charge in [0.15, 0.2) is 18.1 Å². The third kappa shape index (κ3) is 6.23. The highest BCUT2D eigenvalue weighted by Crippen LogP contribution is 2.32. The fourth-order valence-electron chi connectivity index (χ4n) is 3.23. The molecule has 11 nitrogen and oxygen atoms in total. The number of amides is 3. The summed E-state index contributed by atoms with van der Waals surface area (Å²) < 4.78 is 21.3. The first-order valence-corrected chi connectivity index (χ1v) is 10.7. The number of carbonyl (C=O) groups is 3. The van der Waals surface area contributed by atoms with Crippen molar-refractivity contribution < 1.29 is 33.3 Å². The van der Waals surface area contributed by atoms with E-state index < -0.39 is 11.8 Å². The Hall–Kier alpha value is -4.12. The standard InChI is InChI=1S/C23H24N4O7/c28-21(27-7-9-31-10-8-27)14-32-18-4-1-16(2-5-18)13-25-26-23(30)22(29)24-12-17-3-6-19-20(11-17)34-15-33-19/h1-6,11,13H,7-10,12,14-15H2,(H,24,29)(H,26,30)/b25-13-. The summed E-state index contributed by atoms with van der Waals surface area (Å²) in [4.78, 5) is 37.7. The number of hydrazone groups is 1. The molecule has 178 valence electrons. The second-order valence-corrected chi connectivity index (χ2v) is 7.42. The van der Waals surface area contributed by atoms with Gasteiger partial charge in [-0.1, -0.05) is 6.07 Å². The first-order valence-electron chi connectivity index (χ1n) is 10.7. The molecule has 0 spiro atoms. The molecule has 2 aromatic carbocycles. The lowest BCUT2D eigenvalue weighted by Crippen LogP contribution is -2.42. The number of nitrogens with one attached hydrogen (secondary N) is 2. The first-order chi connectivity index (χ1) is 16.6. The van der Waals surface area contributed by atoms with Crippen LogP contribution in [0.5, 0.6) is 17.2 Å². The van der Waals surface area contributed by atoms with Gasteiger partial charge in [0.25, 0.3) is 5.91 Å². The molecule has 0 atom stereocenters. The van der Waals surface area contributed by atoms with Gasteiger partial charge in [-0.15, -0.1) is 0 Å². The van der Waals surface area contributed by atoms with Crippen LogP contribution in [0.25, 0.3) is 0 Å². The molecule has 34 heavy (non-hydrogen) atoms. The molecule has 0 aliphatic carbocycles. The summed E-state index contributed by atoms with van der Waals surface area (Å²) in [6.07, 6.45) is 1.39. The first kappa shape index (κ1) is 23.1. The highest BCUT2D eigenvalue weighted by Gasteiger charge is 2.17. The zero-order valence-electron chi connectivity index (χ0n) is 18.3. The Balaban J connectivity index is 1.17. The molecular formula is C23H24N4O7. The Kier molecular flexibility index (Phi) is 7.56. The number of hydrogen-bond acceptors (Lipinski definition) is 8. The highest BCUT2D eigenvalue weighted by molar-refractivity contribution is 6.35. The van der Waals surface area contributed by atoms with Crippen molar-refractivity contribution >= 4 is 23.9 Å². The van der Waals surface area contributed by atoms with E-state index in [9.17, 15) is 14.4 Å². The van der Waals surface area contributed by atoms with Crippen molar-refractivity contribution in [2.24, 2.45) is 5.10 Å². The molecular weight excluding hydrogens is 444 g/mol. The Bertz CT molecular complexity index is 1070. The molecule has 2 heterocycles. The maximum absolute atomic E-state index is 12.1. The Labute approximate surface area is 195 Å². The van der Waals surface area contributed by atoms with Crippen molar-refractivity contribution in [3.8, 4) is 17.2 Å². The van der Waals surface area contributed by atoms with Crippen molar-refractivity contribution in [3.63, 3.8) is 0 Å². The molecule has 2 aliphatic heterocycles. The predicted octanol–water partition coefficient (Wildman–Crippen LogP) is 0.419. The van der Waals surface area contributed by atoms with E-state index in [1.165, 1.54) is 6.21 Å². The molecule has 0 unspecified atom stereocenters. The number of rotatable bonds is 7. The molecule has 11 heteroatoms. The number of morpholine rings is 1. The topological polar surface area (TPSA) is 128 Å². The Morgan fingerprint density at radius 2 is 1.76 bits per heavy atom. The summed E-state index contributed by atoms with van der Waals surface area (Å²) in [7, 11) is 0. The van der Waals surface area contributed by atoms with Gasteiger partial charge in [0, 0.05) is 19.6 Å². The molecule has 2 aliphatic rings. The molecule has 1 saturated heterocycles. The molecule has 0 aromatic heterocycles. The number of ether oxygens (including phenoxy) is 4. The largest absolute Gasteiger partial charge is 0.484 e. The second-order valence-electron chi connectivity index (χ2n) is 7.42. The minimum atomic E-state index is -0.890. The molecule has 3 amide bonds. The van der Waals surface area contributed by atoms with E-state index in [0.717, 1.165) is 5.56 Å². The zero-order chi connectivity index (χ0) is 23.8. The van der Waals surface area contributed by atoms with Crippen LogP contribution in [-0.2, 0) is 25.7 Å². The Morgan fingerprint density at radius 1 is 1.00 bits per heavy atom. The average molecular weight is 468 g/mol. The van der Waals surface area contributed by atoms with Gasteiger partial charge < -0.3 is 29.2 Å². The van der Waals surface area contributed by atoms with Gasteiger partial charge >= 0.3 is 11.8 Å². The number of fused-ring (bicyclic) bond motifs is 1. The van der Waals surface area contributed by atoms with Crippen LogP contribution in [0.4, 0.5) is 0 Å². The van der Waals surface area contributed by atoms with Crippen molar-refractivity contribution in [2.75, 3.05) is 39.7 Å². The zero-order valence-corrected chi connectivity index (χ0v) is 18.3. The van der Waals surface area contributed by atoms with Crippen LogP contribution < -0.4 is 25.0 Å². The SMILES string of the molecule is O=C(NCc1ccc2c(c1)OCO2)C(=O)N/N=C\c1ccc(OCC(=O)N2CCOCC2)cc1. The van der Waals surface area contributed by atoms with E-state index in [1.807, 2.05) is 0 Å². The minimum Gasteiger partial charge on any atom is -0.484 e. The maximum atomic E-state index is 12.1. The predicted molar refractivity (Wildman–Crippen MR) is 119 cm³/mol. The van der Waals surface area contributed by atoms with Gasteiger partial charge in [-0.25, -0.2) is 5.43 Å². The summed E-state index contributed by atoms with van der Waals surface area (Å²) in [6, 6.07) is 12.1. The van der Waals surface area contributed by atoms with Gasteiger partial charge in [-0.3, -0.25) is 14.4 Å². The lowest BCUT2D eigenvalue weighted by molar-refractivity contribution is -0.139. The van der Waals surface area contributed by atoms with Crippen LogP contribution in [0.1, 0.15) is 11.1 Å². The van der Waals surface area contributed by atoms with Crippen LogP contribution in [-0.4, -0.2) is 68.5 Å². The lowest BCUT2D eigenvalue weighted by Gasteiger charge is -2.26. The quantitative estimate of drug-likeness (QED) is 0.342. The summed E-state index contributed by atoms with van der Waals surface area (Å²) in [5.41, 5.74) is 3.62. The van der Waals surface area contributed by atoms with Crippen molar-refractivity contribution in [3.05, 3.63) is 53.6 Å². The van der Waals surface area contributed by atoms with Crippen molar-refractivity contribution in [1.82, 2.24) is 15.6 Å². The van der Waals surface area contributed by atoms with Crippen molar-refractivity contribution in [1.29, 1.82) is 0 Å². The van der Waals surface area contributed by atoms with E-state index >= 15 is 0 Å². The van der Waals surface area contributed by atoms with Gasteiger partial charge in [-0.2, -0.15) is 5.10 Å². The van der Waals surface area contributed by atoms with Crippen molar-refractivity contribution in [2.45, 2.75) is 6.54 Å². The fourth-order valence-corrected chi connectivity index (χ4v) is 3.23. The van der Waals surface area contributed by atoms with Crippen LogP contribution in [0.15, 0.2) is 47.6 Å². The average Bonchev–Trinajstić information content (AvgIpc) is 3.35. The normalized spacial score (nSPS) is 14.6. The molecule has 2 aromatic rings. The summed E-state index contributed by atoms with van der Waals surface area (Å²) in [6.45, 7) is 2.48. The number of hydrogen-bond donors (Lipinski definition) is 2. The summed E-state index contributed by atoms with van der Waals surface area (Å²) in [5, 5.41) is 6.31. The third-order valence-corrected chi connectivity index (χ3v) is 5.08. The number of benzene rings is 2. The van der Waals surface area contributed by atoms with E-state index in [2.05, 4.69) is 15.8 Å². The maximum Gasteiger partial charge on any atom is 0.329 e. The number of nitrogens with zero attached hydrogens (tertiary/aromatic N) is 2. The summed E-state index contributed by atoms with van der Waals surface area (Å²) >= 11 is 0. The van der Waals surface area contributed by atoms with Gasteiger partial charge in [0.1, 0.15) is 5.75 Å². The molecule has 0 radical (unpaired) electrons. The molecule has 0 bridgehead atoms.